The Hall–Kier alpha value is -1.31. The number of hydrogen-bond donors (Lipinski definition) is 0. The van der Waals surface area contributed by atoms with E-state index in [4.69, 9.17) is 4.74 Å². The second kappa shape index (κ2) is 21.4. The molecule has 168 valence electrons. The molecule has 2 heteroatoms. The van der Waals surface area contributed by atoms with Gasteiger partial charge in [0.25, 0.3) is 0 Å². The summed E-state index contributed by atoms with van der Waals surface area (Å²) >= 11 is 0. The van der Waals surface area contributed by atoms with Crippen LogP contribution in [0.5, 0.6) is 0 Å². The molecule has 0 fully saturated rings. The molecular formula is C27H48O2. The molecule has 0 saturated carbocycles. The monoisotopic (exact) mass is 404 g/mol. The Morgan fingerprint density at radius 1 is 0.793 bits per heavy atom. The lowest BCUT2D eigenvalue weighted by molar-refractivity contribution is -0.144. The molecule has 0 aromatic heterocycles. The number of allylic oxidation sites excluding steroid dienone is 6. The second-order valence-electron chi connectivity index (χ2n) is 8.46. The first-order valence-corrected chi connectivity index (χ1v) is 12.3. The predicted octanol–water partition coefficient (Wildman–Crippen LogP) is 8.58. The maximum atomic E-state index is 11.8. The first-order valence-electron chi connectivity index (χ1n) is 12.3. The van der Waals surface area contributed by atoms with Crippen LogP contribution in [-0.2, 0) is 9.53 Å². The third-order valence-corrected chi connectivity index (χ3v) is 5.53. The molecule has 1 unspecified atom stereocenters. The summed E-state index contributed by atoms with van der Waals surface area (Å²) in [5, 5.41) is 0. The van der Waals surface area contributed by atoms with E-state index in [0.29, 0.717) is 13.0 Å². The Morgan fingerprint density at radius 3 is 2.03 bits per heavy atom. The molecule has 29 heavy (non-hydrogen) atoms. The van der Waals surface area contributed by atoms with Gasteiger partial charge in [-0.1, -0.05) is 103 Å². The van der Waals surface area contributed by atoms with Crippen LogP contribution in [0.15, 0.2) is 36.5 Å². The molecule has 0 aromatic carbocycles. The van der Waals surface area contributed by atoms with E-state index in [1.54, 1.807) is 0 Å². The number of esters is 1. The van der Waals surface area contributed by atoms with Crippen LogP contribution in [0.4, 0.5) is 0 Å². The molecule has 0 aliphatic heterocycles. The smallest absolute Gasteiger partial charge is 0.305 e. The van der Waals surface area contributed by atoms with E-state index < -0.39 is 0 Å². The van der Waals surface area contributed by atoms with Crippen LogP contribution >= 0.6 is 0 Å². The lowest BCUT2D eigenvalue weighted by Gasteiger charge is -2.18. The zero-order valence-corrected chi connectivity index (χ0v) is 19.8. The minimum Gasteiger partial charge on any atom is -0.466 e. The lowest BCUT2D eigenvalue weighted by Crippen LogP contribution is -2.10. The summed E-state index contributed by atoms with van der Waals surface area (Å²) in [5.74, 6) is 1.47. The molecule has 0 N–H and O–H groups in total. The Morgan fingerprint density at radius 2 is 1.41 bits per heavy atom. The van der Waals surface area contributed by atoms with Crippen molar-refractivity contribution in [3.8, 4) is 0 Å². The van der Waals surface area contributed by atoms with Crippen LogP contribution in [0.1, 0.15) is 111 Å². The summed E-state index contributed by atoms with van der Waals surface area (Å²) in [6.07, 6.45) is 27.6. The van der Waals surface area contributed by atoms with Gasteiger partial charge in [0.1, 0.15) is 0 Å². The lowest BCUT2D eigenvalue weighted by atomic mass is 9.89. The third-order valence-electron chi connectivity index (χ3n) is 5.53. The molecule has 0 spiro atoms. The highest BCUT2D eigenvalue weighted by molar-refractivity contribution is 5.69. The van der Waals surface area contributed by atoms with Gasteiger partial charge in [0.15, 0.2) is 0 Å². The fourth-order valence-electron chi connectivity index (χ4n) is 3.47. The second-order valence-corrected chi connectivity index (χ2v) is 8.46. The van der Waals surface area contributed by atoms with E-state index in [1.807, 2.05) is 0 Å². The van der Waals surface area contributed by atoms with Crippen LogP contribution in [0.25, 0.3) is 0 Å². The largest absolute Gasteiger partial charge is 0.466 e. The van der Waals surface area contributed by atoms with Crippen LogP contribution in [0.2, 0.25) is 0 Å². The van der Waals surface area contributed by atoms with Crippen molar-refractivity contribution in [3.63, 3.8) is 0 Å². The van der Waals surface area contributed by atoms with E-state index >= 15 is 0 Å². The van der Waals surface area contributed by atoms with Gasteiger partial charge >= 0.3 is 5.97 Å². The van der Waals surface area contributed by atoms with Crippen molar-refractivity contribution < 1.29 is 9.53 Å². The van der Waals surface area contributed by atoms with Gasteiger partial charge in [-0.3, -0.25) is 4.79 Å². The van der Waals surface area contributed by atoms with Gasteiger partial charge in [-0.15, -0.1) is 0 Å². The molecule has 1 atom stereocenters. The predicted molar refractivity (Wildman–Crippen MR) is 128 cm³/mol. The molecule has 0 aromatic rings. The van der Waals surface area contributed by atoms with E-state index in [1.165, 1.54) is 51.4 Å². The van der Waals surface area contributed by atoms with Crippen LogP contribution in [-0.4, -0.2) is 12.6 Å². The third kappa shape index (κ3) is 19.8. The summed E-state index contributed by atoms with van der Waals surface area (Å²) in [6.45, 7) is 9.62. The normalized spacial score (nSPS) is 13.3. The highest BCUT2D eigenvalue weighted by Crippen LogP contribution is 2.20. The van der Waals surface area contributed by atoms with Crippen molar-refractivity contribution in [2.75, 3.05) is 6.61 Å². The quantitative estimate of drug-likeness (QED) is 0.122. The van der Waals surface area contributed by atoms with Crippen LogP contribution in [0, 0.1) is 11.8 Å². The molecule has 0 rings (SSSR count). The molecular weight excluding hydrogens is 356 g/mol. The molecule has 2 nitrogen and oxygen atoms in total. The van der Waals surface area contributed by atoms with Crippen LogP contribution < -0.4 is 0 Å². The fraction of sp³-hybridized carbons (Fsp3) is 0.741. The number of rotatable bonds is 19. The number of carbonyl (C=O) groups is 1. The minimum absolute atomic E-state index is 0.0129. The maximum absolute atomic E-state index is 11.8. The van der Waals surface area contributed by atoms with Gasteiger partial charge in [-0.25, -0.2) is 0 Å². The minimum atomic E-state index is -0.0129. The highest BCUT2D eigenvalue weighted by atomic mass is 16.5. The van der Waals surface area contributed by atoms with E-state index in [2.05, 4.69) is 64.2 Å². The van der Waals surface area contributed by atoms with Crippen LogP contribution in [0.3, 0.4) is 0 Å². The Bertz CT molecular complexity index is 445. The molecule has 0 aliphatic carbocycles. The highest BCUT2D eigenvalue weighted by Gasteiger charge is 2.11. The topological polar surface area (TPSA) is 26.3 Å². The zero-order valence-electron chi connectivity index (χ0n) is 19.8. The van der Waals surface area contributed by atoms with Gasteiger partial charge in [0, 0.05) is 6.42 Å². The van der Waals surface area contributed by atoms with Crippen molar-refractivity contribution in [1.82, 2.24) is 0 Å². The maximum Gasteiger partial charge on any atom is 0.305 e. The van der Waals surface area contributed by atoms with E-state index in [-0.39, 0.29) is 5.97 Å². The van der Waals surface area contributed by atoms with Gasteiger partial charge in [-0.2, -0.15) is 0 Å². The number of unbranched alkanes of at least 4 members (excludes halogenated alkanes) is 7. The molecule has 0 heterocycles. The number of ether oxygens (including phenoxy) is 1. The SMILES string of the molecule is CCCC/C=C/C=C/C=C\CCCCCCCC(=O)OCCCC(CC)C(C)C. The van der Waals surface area contributed by atoms with Crippen molar-refractivity contribution >= 4 is 5.97 Å². The van der Waals surface area contributed by atoms with Crippen molar-refractivity contribution in [2.24, 2.45) is 11.8 Å². The average Bonchev–Trinajstić information content (AvgIpc) is 2.70. The van der Waals surface area contributed by atoms with Crippen molar-refractivity contribution in [1.29, 1.82) is 0 Å². The molecule has 0 amide bonds. The van der Waals surface area contributed by atoms with E-state index in [9.17, 15) is 4.79 Å². The molecule has 0 bridgehead atoms. The van der Waals surface area contributed by atoms with Gasteiger partial charge in [-0.05, 0) is 50.4 Å². The van der Waals surface area contributed by atoms with Gasteiger partial charge in [0.05, 0.1) is 6.61 Å². The van der Waals surface area contributed by atoms with Crippen molar-refractivity contribution in [2.45, 2.75) is 111 Å². The summed E-state index contributed by atoms with van der Waals surface area (Å²) in [6, 6.07) is 0. The number of carbonyl (C=O) groups excluding carboxylic acids is 1. The first-order chi connectivity index (χ1) is 14.1. The molecule has 0 saturated heterocycles. The summed E-state index contributed by atoms with van der Waals surface area (Å²) < 4.78 is 5.38. The standard InChI is InChI=1S/C27H48O2/c1-5-7-8-9-10-11-12-13-14-15-16-17-18-19-20-23-27(28)29-24-21-22-26(6-2)25(3)4/h9-14,25-26H,5-8,15-24H2,1-4H3/b10-9+,12-11+,14-13-. The first kappa shape index (κ1) is 27.7. The van der Waals surface area contributed by atoms with Gasteiger partial charge in [0.2, 0.25) is 0 Å². The number of hydrogen-bond acceptors (Lipinski definition) is 2. The fourth-order valence-corrected chi connectivity index (χ4v) is 3.47. The average molecular weight is 405 g/mol. The van der Waals surface area contributed by atoms with Gasteiger partial charge < -0.3 is 4.74 Å². The summed E-state index contributed by atoms with van der Waals surface area (Å²) in [7, 11) is 0. The van der Waals surface area contributed by atoms with Crippen molar-refractivity contribution in [3.05, 3.63) is 36.5 Å². The Kier molecular flexibility index (Phi) is 20.4. The zero-order chi connectivity index (χ0) is 21.6. The molecule has 0 aliphatic rings. The molecule has 0 radical (unpaired) electrons. The van der Waals surface area contributed by atoms with E-state index in [0.717, 1.165) is 37.5 Å². The summed E-state index contributed by atoms with van der Waals surface area (Å²) in [4.78, 5) is 11.8. The Balaban J connectivity index is 3.45. The summed E-state index contributed by atoms with van der Waals surface area (Å²) in [5.41, 5.74) is 0. The Labute approximate surface area is 181 Å².